The van der Waals surface area contributed by atoms with Gasteiger partial charge in [0.15, 0.2) is 6.29 Å². The van der Waals surface area contributed by atoms with Crippen molar-refractivity contribution in [1.29, 1.82) is 0 Å². The number of hydrogen-bond donors (Lipinski definition) is 13. The Morgan fingerprint density at radius 2 is 1.65 bits per heavy atom. The molecule has 2 unspecified atom stereocenters. The quantitative estimate of drug-likeness (QED) is 0.0897. The number of aliphatic hydroxyl groups is 7. The fraction of sp³-hybridized carbons (Fsp3) is 1.00. The summed E-state index contributed by atoms with van der Waals surface area (Å²) in [5.74, 6) is -0.751. The van der Waals surface area contributed by atoms with Gasteiger partial charge in [0.05, 0.1) is 43.2 Å². The van der Waals surface area contributed by atoms with Crippen LogP contribution in [0, 0.1) is 5.92 Å². The highest BCUT2D eigenvalue weighted by molar-refractivity contribution is 5.06. The van der Waals surface area contributed by atoms with Gasteiger partial charge in [-0.05, 0) is 25.8 Å². The van der Waals surface area contributed by atoms with Crippen molar-refractivity contribution in [1.82, 2.24) is 10.6 Å². The van der Waals surface area contributed by atoms with Crippen molar-refractivity contribution < 1.29 is 50.0 Å². The summed E-state index contributed by atoms with van der Waals surface area (Å²) in [5.41, 5.74) is 24.4. The standard InChI is InChI=1S/C24H50N6O10/c25-6-10(33)7-30-13-4-11(26)17(22-12(27)5-14(34)15(38-22)8-29-2-1-3-31)20(36)23(13)40-24-21(37)18(28)19(35)16(9-32)39-24/h10-24,29-37H,1-9,25-28H2/t10?,11-,12+,13+,14-,15+,16+,17?,18-,19+,20-,21+,22-,23-,24+/m0/s1. The zero-order valence-corrected chi connectivity index (χ0v) is 22.7. The van der Waals surface area contributed by atoms with Gasteiger partial charge in [0.2, 0.25) is 0 Å². The Morgan fingerprint density at radius 1 is 0.925 bits per heavy atom. The van der Waals surface area contributed by atoms with Gasteiger partial charge in [-0.15, -0.1) is 0 Å². The molecule has 15 atom stereocenters. The summed E-state index contributed by atoms with van der Waals surface area (Å²) in [5, 5.41) is 78.0. The molecule has 0 aromatic rings. The lowest BCUT2D eigenvalue weighted by Gasteiger charge is -2.51. The third-order valence-electron chi connectivity index (χ3n) is 8.20. The van der Waals surface area contributed by atoms with E-state index in [2.05, 4.69) is 10.6 Å². The summed E-state index contributed by atoms with van der Waals surface area (Å²) < 4.78 is 17.9. The molecule has 3 fully saturated rings. The monoisotopic (exact) mass is 582 g/mol. The normalized spacial score (nSPS) is 45.4. The lowest BCUT2D eigenvalue weighted by Crippen LogP contribution is -2.70. The lowest BCUT2D eigenvalue weighted by molar-refractivity contribution is -0.307. The van der Waals surface area contributed by atoms with Gasteiger partial charge in [-0.3, -0.25) is 0 Å². The predicted molar refractivity (Wildman–Crippen MR) is 141 cm³/mol. The number of rotatable bonds is 13. The van der Waals surface area contributed by atoms with Gasteiger partial charge in [0.25, 0.3) is 0 Å². The Kier molecular flexibility index (Phi) is 13.3. The Morgan fingerprint density at radius 3 is 2.30 bits per heavy atom. The lowest BCUT2D eigenvalue weighted by atomic mass is 9.72. The van der Waals surface area contributed by atoms with E-state index < -0.39 is 97.9 Å². The second-order valence-corrected chi connectivity index (χ2v) is 11.1. The van der Waals surface area contributed by atoms with E-state index in [1.807, 2.05) is 0 Å². The number of nitrogens with one attached hydrogen (secondary N) is 2. The Labute approximate surface area is 233 Å². The Bertz CT molecular complexity index is 746. The smallest absolute Gasteiger partial charge is 0.186 e. The zero-order valence-electron chi connectivity index (χ0n) is 22.7. The molecule has 1 aliphatic carbocycles. The van der Waals surface area contributed by atoms with Gasteiger partial charge in [0, 0.05) is 50.3 Å². The summed E-state index contributed by atoms with van der Waals surface area (Å²) in [4.78, 5) is 0. The molecular formula is C24H50N6O10. The molecule has 16 nitrogen and oxygen atoms in total. The van der Waals surface area contributed by atoms with Crippen LogP contribution in [0.5, 0.6) is 0 Å². The number of hydrogen-bond acceptors (Lipinski definition) is 16. The van der Waals surface area contributed by atoms with Crippen LogP contribution in [-0.4, -0.2) is 161 Å². The molecule has 0 radical (unpaired) electrons. The molecule has 3 aliphatic rings. The SMILES string of the molecule is NCC(O)CN[C@@H]1C[C@H](N)C([C@H]2O[C@H](CNCCCO)[C@@H](O)C[C@H]2N)[C@H](O)[C@H]1O[C@H]1O[C@H](CO)[C@@H](O)[C@H](N)[C@H]1O. The number of nitrogens with two attached hydrogens (primary N) is 4. The van der Waals surface area contributed by atoms with E-state index in [0.29, 0.717) is 19.5 Å². The average molecular weight is 583 g/mol. The van der Waals surface area contributed by atoms with Crippen molar-refractivity contribution in [2.24, 2.45) is 28.9 Å². The summed E-state index contributed by atoms with van der Waals surface area (Å²) in [6.45, 7) is 0.349. The molecule has 2 heterocycles. The van der Waals surface area contributed by atoms with Crippen LogP contribution in [-0.2, 0) is 14.2 Å². The highest BCUT2D eigenvalue weighted by Crippen LogP contribution is 2.36. The fourth-order valence-electron chi connectivity index (χ4n) is 5.83. The molecule has 1 saturated carbocycles. The van der Waals surface area contributed by atoms with Crippen molar-refractivity contribution in [3.63, 3.8) is 0 Å². The Balaban J connectivity index is 1.81. The molecule has 236 valence electrons. The first-order chi connectivity index (χ1) is 19.0. The molecular weight excluding hydrogens is 532 g/mol. The van der Waals surface area contributed by atoms with Crippen LogP contribution < -0.4 is 33.6 Å². The summed E-state index contributed by atoms with van der Waals surface area (Å²) in [6, 6.07) is -3.10. The molecule has 2 aliphatic heterocycles. The molecule has 2 saturated heterocycles. The number of aliphatic hydroxyl groups excluding tert-OH is 7. The molecule has 0 bridgehead atoms. The van der Waals surface area contributed by atoms with Crippen molar-refractivity contribution in [2.75, 3.05) is 39.4 Å². The molecule has 0 spiro atoms. The zero-order chi connectivity index (χ0) is 29.6. The fourth-order valence-corrected chi connectivity index (χ4v) is 5.83. The molecule has 40 heavy (non-hydrogen) atoms. The van der Waals surface area contributed by atoms with E-state index in [-0.39, 0.29) is 32.5 Å². The molecule has 3 rings (SSSR count). The van der Waals surface area contributed by atoms with Gasteiger partial charge in [0.1, 0.15) is 24.4 Å². The van der Waals surface area contributed by atoms with Crippen molar-refractivity contribution in [3.05, 3.63) is 0 Å². The van der Waals surface area contributed by atoms with E-state index >= 15 is 0 Å². The minimum atomic E-state index is -1.48. The first kappa shape index (κ1) is 33.9. The Hall–Kier alpha value is -0.640. The highest BCUT2D eigenvalue weighted by Gasteiger charge is 2.53. The third-order valence-corrected chi connectivity index (χ3v) is 8.20. The molecule has 0 aromatic carbocycles. The summed E-state index contributed by atoms with van der Waals surface area (Å²) in [7, 11) is 0. The average Bonchev–Trinajstić information content (AvgIpc) is 2.93. The van der Waals surface area contributed by atoms with Gasteiger partial charge in [-0.2, -0.15) is 0 Å². The predicted octanol–water partition coefficient (Wildman–Crippen LogP) is -7.06. The second kappa shape index (κ2) is 15.7. The molecule has 0 aromatic heterocycles. The highest BCUT2D eigenvalue weighted by atomic mass is 16.7. The van der Waals surface area contributed by atoms with Gasteiger partial charge >= 0.3 is 0 Å². The van der Waals surface area contributed by atoms with Gasteiger partial charge < -0.3 is 83.5 Å². The first-order valence-electron chi connectivity index (χ1n) is 14.0. The molecule has 17 N–H and O–H groups in total. The topological polar surface area (TPSA) is 297 Å². The second-order valence-electron chi connectivity index (χ2n) is 11.1. The van der Waals surface area contributed by atoms with E-state index in [4.69, 9.17) is 42.3 Å². The van der Waals surface area contributed by atoms with Crippen LogP contribution >= 0.6 is 0 Å². The minimum absolute atomic E-state index is 0.00132. The van der Waals surface area contributed by atoms with E-state index in [0.717, 1.165) is 0 Å². The van der Waals surface area contributed by atoms with Crippen LogP contribution in [0.1, 0.15) is 19.3 Å². The van der Waals surface area contributed by atoms with Crippen LogP contribution in [0.25, 0.3) is 0 Å². The van der Waals surface area contributed by atoms with Crippen molar-refractivity contribution in [2.45, 2.75) is 105 Å². The summed E-state index contributed by atoms with van der Waals surface area (Å²) >= 11 is 0. The van der Waals surface area contributed by atoms with E-state index in [1.54, 1.807) is 0 Å². The minimum Gasteiger partial charge on any atom is -0.396 e. The number of ether oxygens (including phenoxy) is 3. The first-order valence-corrected chi connectivity index (χ1v) is 14.0. The molecule has 16 heteroatoms. The maximum atomic E-state index is 11.7. The van der Waals surface area contributed by atoms with Gasteiger partial charge in [-0.25, -0.2) is 0 Å². The van der Waals surface area contributed by atoms with Crippen molar-refractivity contribution in [3.8, 4) is 0 Å². The van der Waals surface area contributed by atoms with Gasteiger partial charge in [-0.1, -0.05) is 0 Å². The maximum absolute atomic E-state index is 11.7. The third kappa shape index (κ3) is 8.04. The largest absolute Gasteiger partial charge is 0.396 e. The van der Waals surface area contributed by atoms with E-state index in [9.17, 15) is 30.6 Å². The van der Waals surface area contributed by atoms with Crippen molar-refractivity contribution >= 4 is 0 Å². The van der Waals surface area contributed by atoms with Crippen LogP contribution in [0.2, 0.25) is 0 Å². The summed E-state index contributed by atoms with van der Waals surface area (Å²) in [6.07, 6.45) is -9.84. The van der Waals surface area contributed by atoms with Crippen LogP contribution in [0.3, 0.4) is 0 Å². The van der Waals surface area contributed by atoms with Crippen LogP contribution in [0.15, 0.2) is 0 Å². The van der Waals surface area contributed by atoms with E-state index in [1.165, 1.54) is 0 Å². The van der Waals surface area contributed by atoms with Crippen LogP contribution in [0.4, 0.5) is 0 Å². The molecule has 0 amide bonds. The maximum Gasteiger partial charge on any atom is 0.186 e.